The first-order chi connectivity index (χ1) is 7.10. The fraction of sp³-hybridized carbons (Fsp3) is 0.833. The second-order valence-electron chi connectivity index (χ2n) is 5.00. The van der Waals surface area contributed by atoms with Crippen LogP contribution in [0.2, 0.25) is 0 Å². The van der Waals surface area contributed by atoms with Crippen molar-refractivity contribution in [1.29, 1.82) is 0 Å². The zero-order valence-electron chi connectivity index (χ0n) is 11.0. The normalized spacial score (nSPS) is 12.1. The monoisotopic (exact) mass is 230 g/mol. The Kier molecular flexibility index (Phi) is 4.97. The Hall–Kier alpha value is -1.06. The molecule has 0 heterocycles. The van der Waals surface area contributed by atoms with Crippen molar-refractivity contribution in [2.45, 2.75) is 65.6 Å². The molecule has 0 aromatic heterocycles. The summed E-state index contributed by atoms with van der Waals surface area (Å²) in [7, 11) is 0. The minimum absolute atomic E-state index is 0.491. The van der Waals surface area contributed by atoms with Gasteiger partial charge in [0, 0.05) is 6.92 Å². The van der Waals surface area contributed by atoms with E-state index in [-0.39, 0.29) is 0 Å². The molecular formula is C12H22O4. The van der Waals surface area contributed by atoms with Crippen LogP contribution in [0.4, 0.5) is 0 Å². The van der Waals surface area contributed by atoms with Crippen LogP contribution in [0, 0.1) is 0 Å². The average Bonchev–Trinajstić information content (AvgIpc) is 1.99. The summed E-state index contributed by atoms with van der Waals surface area (Å²) in [5.41, 5.74) is -1.75. The molecule has 16 heavy (non-hydrogen) atoms. The van der Waals surface area contributed by atoms with E-state index in [0.717, 1.165) is 12.8 Å². The molecule has 4 heteroatoms. The van der Waals surface area contributed by atoms with Crippen LogP contribution in [-0.4, -0.2) is 23.1 Å². The zero-order chi connectivity index (χ0) is 13.0. The summed E-state index contributed by atoms with van der Waals surface area (Å²) < 4.78 is 10.2. The third-order valence-electron chi connectivity index (χ3n) is 2.11. The summed E-state index contributed by atoms with van der Waals surface area (Å²) in [4.78, 5) is 22.6. The van der Waals surface area contributed by atoms with E-state index in [1.807, 2.05) is 20.8 Å². The summed E-state index contributed by atoms with van der Waals surface area (Å²) in [5, 5.41) is 0. The highest BCUT2D eigenvalue weighted by molar-refractivity contribution is 5.82. The number of carbonyl (C=O) groups is 2. The molecule has 0 aliphatic carbocycles. The van der Waals surface area contributed by atoms with Gasteiger partial charge in [-0.1, -0.05) is 13.3 Å². The molecule has 0 radical (unpaired) electrons. The number of ether oxygens (including phenoxy) is 2. The maximum absolute atomic E-state index is 11.8. The Balaban J connectivity index is 4.50. The van der Waals surface area contributed by atoms with E-state index in [0.29, 0.717) is 0 Å². The van der Waals surface area contributed by atoms with E-state index in [9.17, 15) is 9.59 Å². The average molecular weight is 230 g/mol. The Bertz CT molecular complexity index is 266. The van der Waals surface area contributed by atoms with Crippen molar-refractivity contribution in [3.8, 4) is 0 Å². The van der Waals surface area contributed by atoms with Crippen LogP contribution in [0.5, 0.6) is 0 Å². The molecule has 0 saturated heterocycles. The van der Waals surface area contributed by atoms with Gasteiger partial charge in [-0.3, -0.25) is 4.79 Å². The van der Waals surface area contributed by atoms with E-state index < -0.39 is 23.1 Å². The first kappa shape index (κ1) is 14.9. The van der Waals surface area contributed by atoms with Gasteiger partial charge in [0.25, 0.3) is 0 Å². The van der Waals surface area contributed by atoms with Crippen LogP contribution in [0.1, 0.15) is 54.4 Å². The molecular weight excluding hydrogens is 208 g/mol. The number of hydrogen-bond donors (Lipinski definition) is 0. The Morgan fingerprint density at radius 3 is 1.94 bits per heavy atom. The smallest absolute Gasteiger partial charge is 0.350 e. The first-order valence-electron chi connectivity index (χ1n) is 5.54. The lowest BCUT2D eigenvalue weighted by atomic mass is 10.0. The van der Waals surface area contributed by atoms with Gasteiger partial charge in [-0.05, 0) is 34.1 Å². The lowest BCUT2D eigenvalue weighted by Crippen LogP contribution is -2.42. The van der Waals surface area contributed by atoms with Gasteiger partial charge in [0.2, 0.25) is 5.60 Å². The van der Waals surface area contributed by atoms with E-state index in [2.05, 4.69) is 0 Å². The second-order valence-corrected chi connectivity index (χ2v) is 5.00. The highest BCUT2D eigenvalue weighted by atomic mass is 16.6. The number of carbonyl (C=O) groups excluding carboxylic acids is 2. The molecule has 0 rings (SSSR count). The molecule has 0 spiro atoms. The molecule has 94 valence electrons. The van der Waals surface area contributed by atoms with Crippen molar-refractivity contribution in [3.63, 3.8) is 0 Å². The van der Waals surface area contributed by atoms with Crippen molar-refractivity contribution < 1.29 is 19.1 Å². The predicted molar refractivity (Wildman–Crippen MR) is 60.9 cm³/mol. The van der Waals surface area contributed by atoms with Gasteiger partial charge in [-0.25, -0.2) is 4.79 Å². The maximum Gasteiger partial charge on any atom is 0.350 e. The molecule has 0 unspecified atom stereocenters. The van der Waals surface area contributed by atoms with Crippen LogP contribution in [0.15, 0.2) is 0 Å². The molecule has 0 aromatic rings. The van der Waals surface area contributed by atoms with E-state index in [1.54, 1.807) is 0 Å². The number of rotatable bonds is 5. The molecule has 0 saturated carbocycles. The molecule has 0 fully saturated rings. The van der Waals surface area contributed by atoms with Crippen LogP contribution >= 0.6 is 0 Å². The van der Waals surface area contributed by atoms with Crippen LogP contribution in [0.25, 0.3) is 0 Å². The summed E-state index contributed by atoms with van der Waals surface area (Å²) >= 11 is 0. The topological polar surface area (TPSA) is 52.6 Å². The third kappa shape index (κ3) is 5.14. The van der Waals surface area contributed by atoms with Gasteiger partial charge in [0.05, 0.1) is 0 Å². The molecule has 0 N–H and O–H groups in total. The molecule has 0 amide bonds. The molecule has 4 nitrogen and oxygen atoms in total. The Labute approximate surface area is 97.3 Å². The first-order valence-corrected chi connectivity index (χ1v) is 5.54. The van der Waals surface area contributed by atoms with Gasteiger partial charge in [-0.2, -0.15) is 0 Å². The fourth-order valence-electron chi connectivity index (χ4n) is 1.43. The molecule has 0 aromatic carbocycles. The predicted octanol–water partition coefficient (Wildman–Crippen LogP) is 2.45. The summed E-state index contributed by atoms with van der Waals surface area (Å²) in [6.45, 7) is 10.0. The minimum Gasteiger partial charge on any atom is -0.457 e. The lowest BCUT2D eigenvalue weighted by Gasteiger charge is -2.30. The quantitative estimate of drug-likeness (QED) is 0.681. The molecule has 0 atom stereocenters. The van der Waals surface area contributed by atoms with E-state index >= 15 is 0 Å². The summed E-state index contributed by atoms with van der Waals surface area (Å²) in [6.07, 6.45) is 1.70. The number of esters is 2. The summed E-state index contributed by atoms with van der Waals surface area (Å²) in [6, 6.07) is 0. The van der Waals surface area contributed by atoms with Crippen molar-refractivity contribution in [1.82, 2.24) is 0 Å². The zero-order valence-corrected chi connectivity index (χ0v) is 11.0. The fourth-order valence-corrected chi connectivity index (χ4v) is 1.43. The van der Waals surface area contributed by atoms with Crippen molar-refractivity contribution >= 4 is 11.9 Å². The molecule has 0 bridgehead atoms. The van der Waals surface area contributed by atoms with Gasteiger partial charge >= 0.3 is 11.9 Å². The van der Waals surface area contributed by atoms with Crippen LogP contribution in [0.3, 0.4) is 0 Å². The minimum atomic E-state index is -1.23. The largest absolute Gasteiger partial charge is 0.457 e. The van der Waals surface area contributed by atoms with Gasteiger partial charge in [0.15, 0.2) is 0 Å². The van der Waals surface area contributed by atoms with Gasteiger partial charge in [0.1, 0.15) is 5.60 Å². The van der Waals surface area contributed by atoms with Crippen LogP contribution < -0.4 is 0 Å². The van der Waals surface area contributed by atoms with Gasteiger partial charge in [-0.15, -0.1) is 0 Å². The molecule has 0 aliphatic rings. The van der Waals surface area contributed by atoms with Crippen molar-refractivity contribution in [2.75, 3.05) is 0 Å². The highest BCUT2D eigenvalue weighted by Gasteiger charge is 2.36. The van der Waals surface area contributed by atoms with Crippen molar-refractivity contribution in [3.05, 3.63) is 0 Å². The Morgan fingerprint density at radius 1 is 1.06 bits per heavy atom. The lowest BCUT2D eigenvalue weighted by molar-refractivity contribution is -0.187. The highest BCUT2D eigenvalue weighted by Crippen LogP contribution is 2.21. The third-order valence-corrected chi connectivity index (χ3v) is 2.11. The van der Waals surface area contributed by atoms with Crippen molar-refractivity contribution in [2.24, 2.45) is 0 Å². The maximum atomic E-state index is 11.8. The second kappa shape index (κ2) is 5.32. The van der Waals surface area contributed by atoms with Crippen LogP contribution in [-0.2, 0) is 19.1 Å². The molecule has 0 aliphatic heterocycles. The van der Waals surface area contributed by atoms with E-state index in [1.165, 1.54) is 20.8 Å². The summed E-state index contributed by atoms with van der Waals surface area (Å²) in [5.74, 6) is -1.00. The standard InChI is InChI=1S/C12H22O4/c1-7-8-11(3,4)16-10(14)12(5,6)15-9(2)13/h7-8H2,1-6H3. The Morgan fingerprint density at radius 2 is 1.56 bits per heavy atom. The van der Waals surface area contributed by atoms with Gasteiger partial charge < -0.3 is 9.47 Å². The van der Waals surface area contributed by atoms with E-state index in [4.69, 9.17) is 9.47 Å². The number of hydrogen-bond acceptors (Lipinski definition) is 4. The SMILES string of the molecule is CCCC(C)(C)OC(=O)C(C)(C)OC(C)=O.